The van der Waals surface area contributed by atoms with Crippen LogP contribution in [-0.4, -0.2) is 62.7 Å². The van der Waals surface area contributed by atoms with Gasteiger partial charge in [-0.25, -0.2) is 4.98 Å². The molecule has 0 aromatic carbocycles. The first kappa shape index (κ1) is 15.8. The summed E-state index contributed by atoms with van der Waals surface area (Å²) >= 11 is 1.49. The van der Waals surface area contributed by atoms with Gasteiger partial charge in [-0.2, -0.15) is 5.10 Å². The van der Waals surface area contributed by atoms with Crippen LogP contribution in [0.5, 0.6) is 0 Å². The minimum Gasteiger partial charge on any atom is -0.332 e. The van der Waals surface area contributed by atoms with Crippen molar-refractivity contribution in [2.45, 2.75) is 31.7 Å². The lowest BCUT2D eigenvalue weighted by Gasteiger charge is -2.56. The Balaban J connectivity index is 1.58. The van der Waals surface area contributed by atoms with Crippen molar-refractivity contribution in [2.24, 2.45) is 7.05 Å². The molecule has 2 aromatic heterocycles. The van der Waals surface area contributed by atoms with Crippen LogP contribution in [0.25, 0.3) is 10.6 Å². The van der Waals surface area contributed by atoms with E-state index in [0.29, 0.717) is 0 Å². The van der Waals surface area contributed by atoms with Gasteiger partial charge in [-0.05, 0) is 33.2 Å². The van der Waals surface area contributed by atoms with Crippen LogP contribution in [0.2, 0.25) is 0 Å². The van der Waals surface area contributed by atoms with E-state index in [0.717, 1.165) is 60.0 Å². The standard InChI is InChI=1S/C17H23N5OS/c1-12-14(24-15(19-12)13-10-18-21(3)11-13)16(23)22-9-6-17(22)4-7-20(2)8-5-17/h10-11H,4-9H2,1-3H3. The Morgan fingerprint density at radius 1 is 1.21 bits per heavy atom. The number of aryl methyl sites for hydroxylation is 2. The summed E-state index contributed by atoms with van der Waals surface area (Å²) in [5.41, 5.74) is 1.90. The predicted molar refractivity (Wildman–Crippen MR) is 94.2 cm³/mol. The van der Waals surface area contributed by atoms with Gasteiger partial charge < -0.3 is 9.80 Å². The summed E-state index contributed by atoms with van der Waals surface area (Å²) in [6.45, 7) is 4.96. The molecule has 128 valence electrons. The first-order valence-corrected chi connectivity index (χ1v) is 9.27. The number of likely N-dealkylation sites (tertiary alicyclic amines) is 2. The van der Waals surface area contributed by atoms with Crippen LogP contribution >= 0.6 is 11.3 Å². The second kappa shape index (κ2) is 5.67. The molecular weight excluding hydrogens is 322 g/mol. The summed E-state index contributed by atoms with van der Waals surface area (Å²) in [5, 5.41) is 5.07. The van der Waals surface area contributed by atoms with Gasteiger partial charge in [0.1, 0.15) is 9.88 Å². The Morgan fingerprint density at radius 2 is 1.92 bits per heavy atom. The van der Waals surface area contributed by atoms with Crippen molar-refractivity contribution in [3.63, 3.8) is 0 Å². The first-order chi connectivity index (χ1) is 11.5. The van der Waals surface area contributed by atoms with E-state index in [4.69, 9.17) is 0 Å². The summed E-state index contributed by atoms with van der Waals surface area (Å²) in [6, 6.07) is 0. The summed E-state index contributed by atoms with van der Waals surface area (Å²) in [6.07, 6.45) is 7.05. The van der Waals surface area contributed by atoms with E-state index in [1.165, 1.54) is 11.3 Å². The van der Waals surface area contributed by atoms with E-state index >= 15 is 0 Å². The minimum atomic E-state index is 0.0918. The van der Waals surface area contributed by atoms with Crippen molar-refractivity contribution in [3.05, 3.63) is 23.0 Å². The fourth-order valence-corrected chi connectivity index (χ4v) is 4.77. The first-order valence-electron chi connectivity index (χ1n) is 8.45. The number of carbonyl (C=O) groups excluding carboxylic acids is 1. The molecule has 2 aliphatic rings. The monoisotopic (exact) mass is 345 g/mol. The molecule has 2 aliphatic heterocycles. The Kier molecular flexibility index (Phi) is 3.73. The average molecular weight is 345 g/mol. The third-order valence-electron chi connectivity index (χ3n) is 5.48. The Labute approximate surface area is 146 Å². The number of aromatic nitrogens is 3. The van der Waals surface area contributed by atoms with Crippen LogP contribution in [0.1, 0.15) is 34.6 Å². The lowest BCUT2D eigenvalue weighted by molar-refractivity contribution is -0.0347. The Morgan fingerprint density at radius 3 is 2.50 bits per heavy atom. The third kappa shape index (κ3) is 2.46. The number of hydrogen-bond acceptors (Lipinski definition) is 5. The third-order valence-corrected chi connectivity index (χ3v) is 6.67. The van der Waals surface area contributed by atoms with Gasteiger partial charge in [0.05, 0.1) is 11.9 Å². The summed E-state index contributed by atoms with van der Waals surface area (Å²) < 4.78 is 1.76. The van der Waals surface area contributed by atoms with Crippen LogP contribution in [0, 0.1) is 6.92 Å². The van der Waals surface area contributed by atoms with E-state index in [2.05, 4.69) is 26.9 Å². The van der Waals surface area contributed by atoms with E-state index in [-0.39, 0.29) is 11.4 Å². The molecule has 6 nitrogen and oxygen atoms in total. The molecule has 0 unspecified atom stereocenters. The molecule has 4 rings (SSSR count). The molecule has 0 saturated carbocycles. The molecular formula is C17H23N5OS. The highest BCUT2D eigenvalue weighted by atomic mass is 32.1. The highest BCUT2D eigenvalue weighted by Gasteiger charge is 2.49. The predicted octanol–water partition coefficient (Wildman–Crippen LogP) is 2.16. The van der Waals surface area contributed by atoms with Gasteiger partial charge in [-0.1, -0.05) is 0 Å². The van der Waals surface area contributed by atoms with E-state index in [9.17, 15) is 4.79 Å². The zero-order valence-electron chi connectivity index (χ0n) is 14.4. The maximum absolute atomic E-state index is 13.1. The molecule has 4 heterocycles. The van der Waals surface area contributed by atoms with Crippen molar-refractivity contribution in [1.29, 1.82) is 0 Å². The summed E-state index contributed by atoms with van der Waals surface area (Å²) in [5.74, 6) is 0.163. The van der Waals surface area contributed by atoms with Gasteiger partial charge in [0.15, 0.2) is 0 Å². The number of hydrogen-bond donors (Lipinski definition) is 0. The molecule has 24 heavy (non-hydrogen) atoms. The zero-order chi connectivity index (χ0) is 16.9. The van der Waals surface area contributed by atoms with Gasteiger partial charge in [0, 0.05) is 44.0 Å². The Bertz CT molecular complexity index is 772. The van der Waals surface area contributed by atoms with E-state index in [1.54, 1.807) is 10.9 Å². The molecule has 2 fully saturated rings. The highest BCUT2D eigenvalue weighted by Crippen LogP contribution is 2.41. The van der Waals surface area contributed by atoms with Crippen molar-refractivity contribution in [3.8, 4) is 10.6 Å². The second-order valence-electron chi connectivity index (χ2n) is 7.07. The van der Waals surface area contributed by atoms with Crippen molar-refractivity contribution < 1.29 is 4.79 Å². The van der Waals surface area contributed by atoms with Crippen molar-refractivity contribution >= 4 is 17.2 Å². The highest BCUT2D eigenvalue weighted by molar-refractivity contribution is 7.17. The number of amides is 1. The SMILES string of the molecule is Cc1nc(-c2cnn(C)c2)sc1C(=O)N1CCC12CCN(C)CC2. The molecule has 0 bridgehead atoms. The van der Waals surface area contributed by atoms with Gasteiger partial charge in [-0.3, -0.25) is 9.48 Å². The molecule has 1 amide bonds. The lowest BCUT2D eigenvalue weighted by Crippen LogP contribution is -2.65. The topological polar surface area (TPSA) is 54.3 Å². The van der Waals surface area contributed by atoms with Crippen LogP contribution in [-0.2, 0) is 7.05 Å². The molecule has 0 atom stereocenters. The number of nitrogens with zero attached hydrogens (tertiary/aromatic N) is 5. The molecule has 2 aromatic rings. The second-order valence-corrected chi connectivity index (χ2v) is 8.07. The molecule has 0 aliphatic carbocycles. The van der Waals surface area contributed by atoms with Crippen LogP contribution < -0.4 is 0 Å². The average Bonchev–Trinajstić information content (AvgIpc) is 3.13. The summed E-state index contributed by atoms with van der Waals surface area (Å²) in [7, 11) is 4.05. The largest absolute Gasteiger partial charge is 0.332 e. The van der Waals surface area contributed by atoms with Crippen molar-refractivity contribution in [1.82, 2.24) is 24.6 Å². The normalized spacial score (nSPS) is 20.4. The van der Waals surface area contributed by atoms with Crippen molar-refractivity contribution in [2.75, 3.05) is 26.7 Å². The molecule has 2 saturated heterocycles. The summed E-state index contributed by atoms with van der Waals surface area (Å²) in [4.78, 5) is 23.0. The number of thiazole rings is 1. The number of rotatable bonds is 2. The van der Waals surface area contributed by atoms with Crippen LogP contribution in [0.15, 0.2) is 12.4 Å². The van der Waals surface area contributed by atoms with E-state index in [1.807, 2.05) is 20.2 Å². The van der Waals surface area contributed by atoms with Gasteiger partial charge in [0.2, 0.25) is 0 Å². The molecule has 7 heteroatoms. The molecule has 0 radical (unpaired) electrons. The number of piperidine rings is 1. The fourth-order valence-electron chi connectivity index (χ4n) is 3.78. The molecule has 1 spiro atoms. The lowest BCUT2D eigenvalue weighted by atomic mass is 9.76. The Hall–Kier alpha value is -1.73. The van der Waals surface area contributed by atoms with Crippen LogP contribution in [0.3, 0.4) is 0 Å². The van der Waals surface area contributed by atoms with Gasteiger partial charge in [-0.15, -0.1) is 11.3 Å². The quantitative estimate of drug-likeness (QED) is 0.837. The fraction of sp³-hybridized carbons (Fsp3) is 0.588. The van der Waals surface area contributed by atoms with Crippen LogP contribution in [0.4, 0.5) is 0 Å². The zero-order valence-corrected chi connectivity index (χ0v) is 15.3. The number of carbonyl (C=O) groups is 1. The smallest absolute Gasteiger partial charge is 0.266 e. The van der Waals surface area contributed by atoms with Gasteiger partial charge in [0.25, 0.3) is 5.91 Å². The minimum absolute atomic E-state index is 0.0918. The van der Waals surface area contributed by atoms with E-state index < -0.39 is 0 Å². The maximum Gasteiger partial charge on any atom is 0.266 e. The van der Waals surface area contributed by atoms with Gasteiger partial charge >= 0.3 is 0 Å². The maximum atomic E-state index is 13.1. The molecule has 0 N–H and O–H groups in total.